The number of hydrogen-bond donors (Lipinski definition) is 1. The van der Waals surface area contributed by atoms with Crippen LogP contribution in [0.15, 0.2) is 24.3 Å². The maximum atomic E-state index is 12.2. The van der Waals surface area contributed by atoms with Crippen molar-refractivity contribution in [3.05, 3.63) is 35.4 Å². The molecule has 2 rings (SSSR count). The molecule has 0 unspecified atom stereocenters. The lowest BCUT2D eigenvalue weighted by Gasteiger charge is -2.44. The summed E-state index contributed by atoms with van der Waals surface area (Å²) in [5.41, 5.74) is 1.19. The number of rotatable bonds is 1. The van der Waals surface area contributed by atoms with Gasteiger partial charge in [0.1, 0.15) is 0 Å². The van der Waals surface area contributed by atoms with E-state index in [-0.39, 0.29) is 11.3 Å². The molecule has 1 aliphatic rings. The van der Waals surface area contributed by atoms with Gasteiger partial charge in [0.25, 0.3) is 5.91 Å². The highest BCUT2D eigenvalue weighted by atomic mass is 16.3. The quantitative estimate of drug-likeness (QED) is 0.826. The minimum absolute atomic E-state index is 0.00706. The van der Waals surface area contributed by atoms with Crippen LogP contribution in [0.1, 0.15) is 43.6 Å². The summed E-state index contributed by atoms with van der Waals surface area (Å²) in [7, 11) is 0. The lowest BCUT2D eigenvalue weighted by molar-refractivity contribution is -0.0668. The number of nitrogens with zero attached hydrogens (tertiary/aromatic N) is 1. The molecule has 0 aromatic heterocycles. The summed E-state index contributed by atoms with van der Waals surface area (Å²) in [4.78, 5) is 13.9. The SMILES string of the molecule is CC1(O)CN(C(=O)c2cccc(C(C)(C)C)c2)C1. The molecule has 1 aromatic carbocycles. The minimum Gasteiger partial charge on any atom is -0.386 e. The van der Waals surface area contributed by atoms with E-state index in [0.717, 1.165) is 5.56 Å². The van der Waals surface area contributed by atoms with E-state index in [9.17, 15) is 9.90 Å². The number of β-amino-alcohol motifs (C(OH)–C–C–N with tert-alkyl or cyclic N) is 1. The molecule has 1 fully saturated rings. The Labute approximate surface area is 108 Å². The Morgan fingerprint density at radius 1 is 1.33 bits per heavy atom. The number of aliphatic hydroxyl groups is 1. The summed E-state index contributed by atoms with van der Waals surface area (Å²) in [5.74, 6) is 0.00706. The highest BCUT2D eigenvalue weighted by Gasteiger charge is 2.39. The van der Waals surface area contributed by atoms with Crippen molar-refractivity contribution in [1.29, 1.82) is 0 Å². The molecule has 0 atom stereocenters. The van der Waals surface area contributed by atoms with Crippen molar-refractivity contribution in [2.75, 3.05) is 13.1 Å². The second-order valence-electron chi connectivity index (χ2n) is 6.49. The molecule has 1 saturated heterocycles. The number of hydrogen-bond acceptors (Lipinski definition) is 2. The van der Waals surface area contributed by atoms with E-state index < -0.39 is 5.60 Å². The molecule has 1 N–H and O–H groups in total. The van der Waals surface area contributed by atoms with Crippen LogP contribution in [0.5, 0.6) is 0 Å². The van der Waals surface area contributed by atoms with Crippen LogP contribution < -0.4 is 0 Å². The Morgan fingerprint density at radius 2 is 1.94 bits per heavy atom. The van der Waals surface area contributed by atoms with Crippen LogP contribution in [0.2, 0.25) is 0 Å². The average molecular weight is 247 g/mol. The average Bonchev–Trinajstić information content (AvgIpc) is 2.24. The van der Waals surface area contributed by atoms with E-state index in [1.165, 1.54) is 0 Å². The first kappa shape index (κ1) is 13.1. The van der Waals surface area contributed by atoms with Gasteiger partial charge in [0.2, 0.25) is 0 Å². The highest BCUT2D eigenvalue weighted by molar-refractivity contribution is 5.95. The topological polar surface area (TPSA) is 40.5 Å². The van der Waals surface area contributed by atoms with E-state index in [1.54, 1.807) is 11.8 Å². The van der Waals surface area contributed by atoms with E-state index >= 15 is 0 Å². The maximum absolute atomic E-state index is 12.2. The summed E-state index contributed by atoms with van der Waals surface area (Å²) in [6.45, 7) is 8.99. The second kappa shape index (κ2) is 4.09. The molecule has 1 amide bonds. The fourth-order valence-corrected chi connectivity index (χ4v) is 2.22. The van der Waals surface area contributed by atoms with Crippen molar-refractivity contribution >= 4 is 5.91 Å². The number of likely N-dealkylation sites (tertiary alicyclic amines) is 1. The van der Waals surface area contributed by atoms with Crippen molar-refractivity contribution in [1.82, 2.24) is 4.90 Å². The third-order valence-corrected chi connectivity index (χ3v) is 3.33. The third-order valence-electron chi connectivity index (χ3n) is 3.33. The molecule has 1 heterocycles. The number of carbonyl (C=O) groups excluding carboxylic acids is 1. The fraction of sp³-hybridized carbons (Fsp3) is 0.533. The van der Waals surface area contributed by atoms with Crippen molar-refractivity contribution in [3.63, 3.8) is 0 Å². The van der Waals surface area contributed by atoms with Crippen molar-refractivity contribution in [3.8, 4) is 0 Å². The van der Waals surface area contributed by atoms with Gasteiger partial charge in [-0.05, 0) is 30.0 Å². The summed E-state index contributed by atoms with van der Waals surface area (Å²) in [6, 6.07) is 7.76. The van der Waals surface area contributed by atoms with Gasteiger partial charge in [-0.3, -0.25) is 4.79 Å². The normalized spacial score (nSPS) is 18.4. The van der Waals surface area contributed by atoms with Gasteiger partial charge in [0.15, 0.2) is 0 Å². The highest BCUT2D eigenvalue weighted by Crippen LogP contribution is 2.26. The van der Waals surface area contributed by atoms with Crippen molar-refractivity contribution in [2.24, 2.45) is 0 Å². The van der Waals surface area contributed by atoms with Crippen LogP contribution in [0.3, 0.4) is 0 Å². The van der Waals surface area contributed by atoms with Crippen LogP contribution in [0.25, 0.3) is 0 Å². The molecule has 0 spiro atoms. The standard InChI is InChI=1S/C15H21NO2/c1-14(2,3)12-7-5-6-11(8-12)13(17)16-9-15(4,18)10-16/h5-8,18H,9-10H2,1-4H3. The molecule has 18 heavy (non-hydrogen) atoms. The molecular formula is C15H21NO2. The zero-order chi connectivity index (χ0) is 13.6. The van der Waals surface area contributed by atoms with Gasteiger partial charge in [0.05, 0.1) is 18.7 Å². The van der Waals surface area contributed by atoms with Gasteiger partial charge >= 0.3 is 0 Å². The molecule has 0 radical (unpaired) electrons. The molecule has 0 aliphatic carbocycles. The minimum atomic E-state index is -0.711. The molecular weight excluding hydrogens is 226 g/mol. The van der Waals surface area contributed by atoms with Gasteiger partial charge in [-0.25, -0.2) is 0 Å². The predicted molar refractivity (Wildman–Crippen MR) is 71.7 cm³/mol. The molecule has 0 saturated carbocycles. The predicted octanol–water partition coefficient (Wildman–Crippen LogP) is 2.19. The monoisotopic (exact) mass is 247 g/mol. The molecule has 3 nitrogen and oxygen atoms in total. The molecule has 98 valence electrons. The van der Waals surface area contributed by atoms with Crippen LogP contribution >= 0.6 is 0 Å². The van der Waals surface area contributed by atoms with Crippen LogP contribution in [0.4, 0.5) is 0 Å². The Kier molecular flexibility index (Phi) is 2.98. The van der Waals surface area contributed by atoms with Crippen LogP contribution in [-0.4, -0.2) is 34.6 Å². The Balaban J connectivity index is 2.17. The Hall–Kier alpha value is -1.35. The summed E-state index contributed by atoms with van der Waals surface area (Å²) in [6.07, 6.45) is 0. The smallest absolute Gasteiger partial charge is 0.254 e. The first-order valence-corrected chi connectivity index (χ1v) is 6.31. The number of carbonyl (C=O) groups is 1. The van der Waals surface area contributed by atoms with Crippen molar-refractivity contribution < 1.29 is 9.90 Å². The van der Waals surface area contributed by atoms with Gasteiger partial charge in [-0.1, -0.05) is 32.9 Å². The lowest BCUT2D eigenvalue weighted by atomic mass is 9.86. The molecule has 1 aromatic rings. The molecule has 3 heteroatoms. The van der Waals surface area contributed by atoms with E-state index in [1.807, 2.05) is 24.3 Å². The summed E-state index contributed by atoms with van der Waals surface area (Å²) in [5, 5.41) is 9.67. The maximum Gasteiger partial charge on any atom is 0.254 e. The second-order valence-corrected chi connectivity index (χ2v) is 6.49. The van der Waals surface area contributed by atoms with E-state index in [0.29, 0.717) is 18.7 Å². The van der Waals surface area contributed by atoms with Gasteiger partial charge in [-0.15, -0.1) is 0 Å². The Morgan fingerprint density at radius 3 is 2.44 bits per heavy atom. The summed E-state index contributed by atoms with van der Waals surface area (Å²) < 4.78 is 0. The van der Waals surface area contributed by atoms with Crippen molar-refractivity contribution in [2.45, 2.75) is 38.7 Å². The van der Waals surface area contributed by atoms with Crippen LogP contribution in [-0.2, 0) is 5.41 Å². The first-order chi connectivity index (χ1) is 8.19. The fourth-order valence-electron chi connectivity index (χ4n) is 2.22. The Bertz CT molecular complexity index is 464. The third kappa shape index (κ3) is 2.56. The van der Waals surface area contributed by atoms with Gasteiger partial charge < -0.3 is 10.0 Å². The van der Waals surface area contributed by atoms with E-state index in [4.69, 9.17) is 0 Å². The summed E-state index contributed by atoms with van der Waals surface area (Å²) >= 11 is 0. The van der Waals surface area contributed by atoms with E-state index in [2.05, 4.69) is 20.8 Å². The number of benzene rings is 1. The van der Waals surface area contributed by atoms with Gasteiger partial charge in [0, 0.05) is 5.56 Å². The molecule has 0 bridgehead atoms. The lowest BCUT2D eigenvalue weighted by Crippen LogP contribution is -2.61. The van der Waals surface area contributed by atoms with Gasteiger partial charge in [-0.2, -0.15) is 0 Å². The largest absolute Gasteiger partial charge is 0.386 e. The first-order valence-electron chi connectivity index (χ1n) is 6.31. The molecule has 1 aliphatic heterocycles. The zero-order valence-electron chi connectivity index (χ0n) is 11.5. The number of amides is 1. The van der Waals surface area contributed by atoms with Crippen LogP contribution in [0, 0.1) is 0 Å². The zero-order valence-corrected chi connectivity index (χ0v) is 11.5.